The number of hydrogen-bond donors (Lipinski definition) is 1. The minimum atomic E-state index is -0.161. The second-order valence-electron chi connectivity index (χ2n) is 4.58. The maximum Gasteiger partial charge on any atom is 0.272 e. The minimum absolute atomic E-state index is 0.161. The number of hydrogen-bond acceptors (Lipinski definition) is 2. The summed E-state index contributed by atoms with van der Waals surface area (Å²) in [6, 6.07) is 5.57. The molecule has 21 heavy (non-hydrogen) atoms. The number of nitrogens with zero attached hydrogens (tertiary/aromatic N) is 1. The first kappa shape index (κ1) is 16.1. The minimum Gasteiger partial charge on any atom is -0.495 e. The van der Waals surface area contributed by atoms with Gasteiger partial charge < -0.3 is 14.6 Å². The Morgan fingerprint density at radius 2 is 2.00 bits per heavy atom. The molecule has 0 saturated carbocycles. The number of rotatable bonds is 4. The molecule has 0 saturated heterocycles. The van der Waals surface area contributed by atoms with Crippen molar-refractivity contribution in [2.75, 3.05) is 12.4 Å². The molecule has 1 aromatic carbocycles. The van der Waals surface area contributed by atoms with Crippen molar-refractivity contribution in [3.05, 3.63) is 44.6 Å². The highest BCUT2D eigenvalue weighted by Gasteiger charge is 2.16. The van der Waals surface area contributed by atoms with E-state index >= 15 is 0 Å². The Morgan fingerprint density at radius 3 is 2.62 bits per heavy atom. The van der Waals surface area contributed by atoms with Crippen molar-refractivity contribution in [2.24, 2.45) is 0 Å². The van der Waals surface area contributed by atoms with Crippen LogP contribution in [0.3, 0.4) is 0 Å². The smallest absolute Gasteiger partial charge is 0.272 e. The average molecular weight is 416 g/mol. The van der Waals surface area contributed by atoms with E-state index in [1.54, 1.807) is 13.2 Å². The number of ether oxygens (including phenoxy) is 1. The summed E-state index contributed by atoms with van der Waals surface area (Å²) in [6.07, 6.45) is 1.89. The third-order valence-corrected chi connectivity index (χ3v) is 4.05. The SMILES string of the molecule is CCn1cc(Br)cc1C(=O)Nc1c(C)cc(Br)cc1OC. The molecule has 0 radical (unpaired) electrons. The molecule has 1 aromatic heterocycles. The third-order valence-electron chi connectivity index (χ3n) is 3.16. The molecule has 4 nitrogen and oxygen atoms in total. The lowest BCUT2D eigenvalue weighted by Gasteiger charge is -2.14. The molecule has 0 bridgehead atoms. The average Bonchev–Trinajstić information content (AvgIpc) is 2.82. The van der Waals surface area contributed by atoms with Gasteiger partial charge in [-0.3, -0.25) is 4.79 Å². The second kappa shape index (κ2) is 6.66. The summed E-state index contributed by atoms with van der Waals surface area (Å²) in [4.78, 5) is 12.5. The summed E-state index contributed by atoms with van der Waals surface area (Å²) in [7, 11) is 1.59. The van der Waals surface area contributed by atoms with Crippen molar-refractivity contribution in [2.45, 2.75) is 20.4 Å². The second-order valence-corrected chi connectivity index (χ2v) is 6.41. The predicted molar refractivity (Wildman–Crippen MR) is 91.2 cm³/mol. The molecule has 1 amide bonds. The van der Waals surface area contributed by atoms with Crippen LogP contribution in [0.4, 0.5) is 5.69 Å². The maximum absolute atomic E-state index is 12.5. The van der Waals surface area contributed by atoms with Crippen LogP contribution in [0, 0.1) is 6.92 Å². The van der Waals surface area contributed by atoms with Gasteiger partial charge in [-0.15, -0.1) is 0 Å². The number of aromatic nitrogens is 1. The molecule has 0 fully saturated rings. The van der Waals surface area contributed by atoms with Gasteiger partial charge in [0, 0.05) is 21.7 Å². The maximum atomic E-state index is 12.5. The molecular weight excluding hydrogens is 400 g/mol. The van der Waals surface area contributed by atoms with E-state index in [4.69, 9.17) is 4.74 Å². The van der Waals surface area contributed by atoms with Crippen molar-refractivity contribution in [1.82, 2.24) is 4.57 Å². The van der Waals surface area contributed by atoms with Crippen molar-refractivity contribution in [1.29, 1.82) is 0 Å². The molecule has 1 N–H and O–H groups in total. The zero-order valence-corrected chi connectivity index (χ0v) is 15.2. The zero-order chi connectivity index (χ0) is 15.6. The summed E-state index contributed by atoms with van der Waals surface area (Å²) < 4.78 is 9.03. The monoisotopic (exact) mass is 414 g/mol. The Labute approximate surface area is 140 Å². The number of amides is 1. The highest BCUT2D eigenvalue weighted by atomic mass is 79.9. The van der Waals surface area contributed by atoms with Gasteiger partial charge in [0.25, 0.3) is 5.91 Å². The van der Waals surface area contributed by atoms with Gasteiger partial charge in [-0.1, -0.05) is 15.9 Å². The summed E-state index contributed by atoms with van der Waals surface area (Å²) in [5.41, 5.74) is 2.22. The van der Waals surface area contributed by atoms with E-state index in [1.807, 2.05) is 36.7 Å². The van der Waals surface area contributed by atoms with Gasteiger partial charge in [0.1, 0.15) is 11.4 Å². The molecule has 0 atom stereocenters. The molecule has 6 heteroatoms. The molecule has 2 rings (SSSR count). The Morgan fingerprint density at radius 1 is 1.29 bits per heavy atom. The zero-order valence-electron chi connectivity index (χ0n) is 12.0. The summed E-state index contributed by atoms with van der Waals surface area (Å²) in [5, 5.41) is 2.93. The van der Waals surface area contributed by atoms with E-state index in [0.29, 0.717) is 17.1 Å². The third kappa shape index (κ3) is 3.49. The number of aryl methyl sites for hydroxylation is 2. The van der Waals surface area contributed by atoms with Crippen molar-refractivity contribution >= 4 is 43.5 Å². The van der Waals surface area contributed by atoms with Gasteiger partial charge in [-0.25, -0.2) is 0 Å². The fourth-order valence-corrected chi connectivity index (χ4v) is 3.15. The standard InChI is InChI=1S/C15H16Br2N2O2/c1-4-19-8-11(17)6-12(19)15(20)18-14-9(2)5-10(16)7-13(14)21-3/h5-8H,4H2,1-3H3,(H,18,20). The van der Waals surface area contributed by atoms with E-state index in [-0.39, 0.29) is 5.91 Å². The molecule has 0 aliphatic carbocycles. The molecule has 2 aromatic rings. The first-order valence-corrected chi connectivity index (χ1v) is 8.06. The lowest BCUT2D eigenvalue weighted by molar-refractivity contribution is 0.101. The van der Waals surface area contributed by atoms with Crippen LogP contribution in [-0.2, 0) is 6.54 Å². The molecule has 112 valence electrons. The van der Waals surface area contributed by atoms with Crippen LogP contribution in [-0.4, -0.2) is 17.6 Å². The lowest BCUT2D eigenvalue weighted by Crippen LogP contribution is -2.17. The molecule has 0 aliphatic rings. The van der Waals surface area contributed by atoms with Crippen molar-refractivity contribution in [3.8, 4) is 5.75 Å². The van der Waals surface area contributed by atoms with E-state index < -0.39 is 0 Å². The van der Waals surface area contributed by atoms with Crippen molar-refractivity contribution in [3.63, 3.8) is 0 Å². The van der Waals surface area contributed by atoms with Crippen LogP contribution in [0.2, 0.25) is 0 Å². The molecule has 0 spiro atoms. The highest BCUT2D eigenvalue weighted by molar-refractivity contribution is 9.10. The molecule has 0 unspecified atom stereocenters. The lowest BCUT2D eigenvalue weighted by atomic mass is 10.2. The largest absolute Gasteiger partial charge is 0.495 e. The summed E-state index contributed by atoms with van der Waals surface area (Å²) in [5.74, 6) is 0.468. The van der Waals surface area contributed by atoms with Crippen LogP contribution >= 0.6 is 31.9 Å². The topological polar surface area (TPSA) is 43.3 Å². The number of anilines is 1. The van der Waals surface area contributed by atoms with E-state index in [9.17, 15) is 4.79 Å². The molecular formula is C15H16Br2N2O2. The first-order chi connectivity index (χ1) is 9.96. The van der Waals surface area contributed by atoms with Crippen molar-refractivity contribution < 1.29 is 9.53 Å². The number of halogens is 2. The first-order valence-electron chi connectivity index (χ1n) is 6.47. The number of carbonyl (C=O) groups excluding carboxylic acids is 1. The Kier molecular flexibility index (Phi) is 5.11. The number of methoxy groups -OCH3 is 1. The number of benzene rings is 1. The van der Waals surface area contributed by atoms with Crippen LogP contribution in [0.1, 0.15) is 23.0 Å². The fraction of sp³-hybridized carbons (Fsp3) is 0.267. The Hall–Kier alpha value is -1.27. The summed E-state index contributed by atoms with van der Waals surface area (Å²) in [6.45, 7) is 4.65. The van der Waals surface area contributed by atoms with Gasteiger partial charge in [-0.2, -0.15) is 0 Å². The Balaban J connectivity index is 2.35. The van der Waals surface area contributed by atoms with Gasteiger partial charge in [0.2, 0.25) is 0 Å². The van der Waals surface area contributed by atoms with Crippen LogP contribution in [0.25, 0.3) is 0 Å². The Bertz CT molecular complexity index is 681. The van der Waals surface area contributed by atoms with Crippen LogP contribution < -0.4 is 10.1 Å². The van der Waals surface area contributed by atoms with E-state index in [0.717, 1.165) is 21.1 Å². The normalized spacial score (nSPS) is 10.5. The van der Waals surface area contributed by atoms with Gasteiger partial charge in [0.15, 0.2) is 0 Å². The van der Waals surface area contributed by atoms with E-state index in [1.165, 1.54) is 0 Å². The highest BCUT2D eigenvalue weighted by Crippen LogP contribution is 2.32. The predicted octanol–water partition coefficient (Wildman–Crippen LogP) is 4.60. The van der Waals surface area contributed by atoms with Crippen LogP contribution in [0.5, 0.6) is 5.75 Å². The summed E-state index contributed by atoms with van der Waals surface area (Å²) >= 11 is 6.82. The molecule has 1 heterocycles. The van der Waals surface area contributed by atoms with Crippen LogP contribution in [0.15, 0.2) is 33.3 Å². The quantitative estimate of drug-likeness (QED) is 0.792. The van der Waals surface area contributed by atoms with Gasteiger partial charge in [0.05, 0.1) is 12.8 Å². The fourth-order valence-electron chi connectivity index (χ4n) is 2.14. The van der Waals surface area contributed by atoms with Gasteiger partial charge >= 0.3 is 0 Å². The number of nitrogens with one attached hydrogen (secondary N) is 1. The van der Waals surface area contributed by atoms with E-state index in [2.05, 4.69) is 37.2 Å². The number of carbonyl (C=O) groups is 1. The van der Waals surface area contributed by atoms with Gasteiger partial charge in [-0.05, 0) is 53.5 Å². The molecule has 0 aliphatic heterocycles.